The van der Waals surface area contributed by atoms with Crippen LogP contribution in [-0.2, 0) is 6.61 Å². The molecule has 0 amide bonds. The van der Waals surface area contributed by atoms with Crippen LogP contribution in [0.1, 0.15) is 22.3 Å². The monoisotopic (exact) mass is 255 g/mol. The van der Waals surface area contributed by atoms with Gasteiger partial charge in [0.05, 0.1) is 0 Å². The Morgan fingerprint density at radius 1 is 0.947 bits per heavy atom. The summed E-state index contributed by atoms with van der Waals surface area (Å²) in [6, 6.07) is 12.6. The zero-order valence-corrected chi connectivity index (χ0v) is 12.1. The third-order valence-corrected chi connectivity index (χ3v) is 3.28. The number of hydrogen-bond acceptors (Lipinski definition) is 2. The fraction of sp³-hybridized carbons (Fsp3) is 0.294. The fourth-order valence-corrected chi connectivity index (χ4v) is 2.25. The Bertz CT molecular complexity index is 535. The van der Waals surface area contributed by atoms with E-state index in [0.29, 0.717) is 6.61 Å². The van der Waals surface area contributed by atoms with Crippen LogP contribution < -0.4 is 10.1 Å². The van der Waals surface area contributed by atoms with Gasteiger partial charge in [0.25, 0.3) is 0 Å². The van der Waals surface area contributed by atoms with Crippen LogP contribution in [-0.4, -0.2) is 7.05 Å². The summed E-state index contributed by atoms with van der Waals surface area (Å²) in [5.41, 5.74) is 6.07. The summed E-state index contributed by atoms with van der Waals surface area (Å²) in [6.45, 7) is 6.89. The van der Waals surface area contributed by atoms with E-state index >= 15 is 0 Å². The zero-order valence-electron chi connectivity index (χ0n) is 12.1. The zero-order chi connectivity index (χ0) is 13.8. The molecule has 0 aliphatic carbocycles. The molecule has 0 spiro atoms. The van der Waals surface area contributed by atoms with E-state index in [0.717, 1.165) is 5.75 Å². The summed E-state index contributed by atoms with van der Waals surface area (Å²) in [5.74, 6) is 0.926. The lowest BCUT2D eigenvalue weighted by Gasteiger charge is -2.13. The van der Waals surface area contributed by atoms with E-state index in [1.54, 1.807) is 0 Å². The Kier molecular flexibility index (Phi) is 4.10. The summed E-state index contributed by atoms with van der Waals surface area (Å²) in [5, 5.41) is 3.22. The maximum absolute atomic E-state index is 5.87. The molecule has 0 aliphatic heterocycles. The molecular weight excluding hydrogens is 234 g/mol. The SMILES string of the molecule is CNc1c(C)cc(OCc2ccc(C)cc2)cc1C. The topological polar surface area (TPSA) is 21.3 Å². The van der Waals surface area contributed by atoms with Crippen molar-refractivity contribution < 1.29 is 4.74 Å². The predicted octanol–water partition coefficient (Wildman–Crippen LogP) is 4.23. The first kappa shape index (κ1) is 13.5. The highest BCUT2D eigenvalue weighted by Gasteiger charge is 2.04. The van der Waals surface area contributed by atoms with Crippen LogP contribution in [0.2, 0.25) is 0 Å². The molecule has 0 radical (unpaired) electrons. The van der Waals surface area contributed by atoms with Gasteiger partial charge in [0.2, 0.25) is 0 Å². The lowest BCUT2D eigenvalue weighted by molar-refractivity contribution is 0.306. The van der Waals surface area contributed by atoms with Gasteiger partial charge < -0.3 is 10.1 Å². The molecule has 19 heavy (non-hydrogen) atoms. The third kappa shape index (κ3) is 3.28. The predicted molar refractivity (Wildman–Crippen MR) is 81.0 cm³/mol. The Labute approximate surface area is 115 Å². The van der Waals surface area contributed by atoms with Crippen molar-refractivity contribution in [2.24, 2.45) is 0 Å². The van der Waals surface area contributed by atoms with E-state index in [9.17, 15) is 0 Å². The van der Waals surface area contributed by atoms with E-state index in [4.69, 9.17) is 4.74 Å². The maximum Gasteiger partial charge on any atom is 0.120 e. The molecule has 0 bridgehead atoms. The standard InChI is InChI=1S/C17H21NO/c1-12-5-7-15(8-6-12)11-19-16-9-13(2)17(18-4)14(3)10-16/h5-10,18H,11H2,1-4H3. The van der Waals surface area contributed by atoms with Gasteiger partial charge in [0.15, 0.2) is 0 Å². The molecule has 0 saturated carbocycles. The van der Waals surface area contributed by atoms with Gasteiger partial charge in [-0.1, -0.05) is 29.8 Å². The number of nitrogens with one attached hydrogen (secondary N) is 1. The van der Waals surface area contributed by atoms with Crippen LogP contribution in [0.3, 0.4) is 0 Å². The van der Waals surface area contributed by atoms with Gasteiger partial charge in [-0.2, -0.15) is 0 Å². The van der Waals surface area contributed by atoms with Gasteiger partial charge in [-0.25, -0.2) is 0 Å². The van der Waals surface area contributed by atoms with Gasteiger partial charge in [-0.3, -0.25) is 0 Å². The van der Waals surface area contributed by atoms with Crippen LogP contribution in [0.5, 0.6) is 5.75 Å². The molecule has 0 aromatic heterocycles. The van der Waals surface area contributed by atoms with Crippen LogP contribution in [0.4, 0.5) is 5.69 Å². The van der Waals surface area contributed by atoms with Crippen molar-refractivity contribution in [3.63, 3.8) is 0 Å². The minimum atomic E-state index is 0.609. The highest BCUT2D eigenvalue weighted by molar-refractivity contribution is 5.59. The summed E-state index contributed by atoms with van der Waals surface area (Å²) < 4.78 is 5.87. The summed E-state index contributed by atoms with van der Waals surface area (Å²) in [7, 11) is 1.95. The van der Waals surface area contributed by atoms with Crippen LogP contribution >= 0.6 is 0 Å². The van der Waals surface area contributed by atoms with Gasteiger partial charge >= 0.3 is 0 Å². The lowest BCUT2D eigenvalue weighted by atomic mass is 10.1. The second-order valence-electron chi connectivity index (χ2n) is 4.96. The number of hydrogen-bond donors (Lipinski definition) is 1. The van der Waals surface area contributed by atoms with E-state index in [-0.39, 0.29) is 0 Å². The first-order valence-electron chi connectivity index (χ1n) is 6.57. The molecule has 0 fully saturated rings. The molecular formula is C17H21NO. The van der Waals surface area contributed by atoms with Gasteiger partial charge in [-0.15, -0.1) is 0 Å². The average Bonchev–Trinajstić information content (AvgIpc) is 2.38. The van der Waals surface area contributed by atoms with E-state index in [1.165, 1.54) is 27.9 Å². The molecule has 2 aromatic carbocycles. The summed E-state index contributed by atoms with van der Waals surface area (Å²) in [4.78, 5) is 0. The number of benzene rings is 2. The third-order valence-electron chi connectivity index (χ3n) is 3.28. The lowest BCUT2D eigenvalue weighted by Crippen LogP contribution is -1.99. The van der Waals surface area contributed by atoms with Gasteiger partial charge in [-0.05, 0) is 49.6 Å². The maximum atomic E-state index is 5.87. The molecule has 2 aromatic rings. The van der Waals surface area contributed by atoms with Crippen LogP contribution in [0, 0.1) is 20.8 Å². The van der Waals surface area contributed by atoms with Crippen molar-refractivity contribution in [3.8, 4) is 5.75 Å². The molecule has 100 valence electrons. The first-order chi connectivity index (χ1) is 9.10. The minimum Gasteiger partial charge on any atom is -0.489 e. The number of ether oxygens (including phenoxy) is 1. The molecule has 0 unspecified atom stereocenters. The fourth-order valence-electron chi connectivity index (χ4n) is 2.25. The quantitative estimate of drug-likeness (QED) is 0.882. The molecule has 2 heteroatoms. The second-order valence-corrected chi connectivity index (χ2v) is 4.96. The summed E-state index contributed by atoms with van der Waals surface area (Å²) in [6.07, 6.45) is 0. The molecule has 0 saturated heterocycles. The van der Waals surface area contributed by atoms with Crippen LogP contribution in [0.25, 0.3) is 0 Å². The smallest absolute Gasteiger partial charge is 0.120 e. The second kappa shape index (κ2) is 5.79. The highest BCUT2D eigenvalue weighted by atomic mass is 16.5. The Morgan fingerprint density at radius 3 is 2.05 bits per heavy atom. The van der Waals surface area contributed by atoms with Gasteiger partial charge in [0.1, 0.15) is 12.4 Å². The molecule has 2 nitrogen and oxygen atoms in total. The first-order valence-corrected chi connectivity index (χ1v) is 6.57. The molecule has 0 aliphatic rings. The van der Waals surface area contributed by atoms with E-state index in [1.807, 2.05) is 7.05 Å². The number of anilines is 1. The van der Waals surface area contributed by atoms with Gasteiger partial charge in [0, 0.05) is 12.7 Å². The molecule has 0 atom stereocenters. The molecule has 1 N–H and O–H groups in total. The number of aryl methyl sites for hydroxylation is 3. The number of rotatable bonds is 4. The van der Waals surface area contributed by atoms with Crippen molar-refractivity contribution in [3.05, 3.63) is 58.7 Å². The van der Waals surface area contributed by atoms with E-state index in [2.05, 4.69) is 62.5 Å². The highest BCUT2D eigenvalue weighted by Crippen LogP contribution is 2.26. The minimum absolute atomic E-state index is 0.609. The largest absolute Gasteiger partial charge is 0.489 e. The Balaban J connectivity index is 2.09. The van der Waals surface area contributed by atoms with Crippen molar-refractivity contribution in [2.75, 3.05) is 12.4 Å². The van der Waals surface area contributed by atoms with E-state index < -0.39 is 0 Å². The molecule has 0 heterocycles. The van der Waals surface area contributed by atoms with Crippen molar-refractivity contribution in [1.29, 1.82) is 0 Å². The average molecular weight is 255 g/mol. The van der Waals surface area contributed by atoms with Crippen molar-refractivity contribution >= 4 is 5.69 Å². The Hall–Kier alpha value is -1.96. The van der Waals surface area contributed by atoms with Crippen molar-refractivity contribution in [2.45, 2.75) is 27.4 Å². The Morgan fingerprint density at radius 2 is 1.53 bits per heavy atom. The molecule has 2 rings (SSSR count). The summed E-state index contributed by atoms with van der Waals surface area (Å²) >= 11 is 0. The normalized spacial score (nSPS) is 10.3. The van der Waals surface area contributed by atoms with Crippen molar-refractivity contribution in [1.82, 2.24) is 0 Å². The van der Waals surface area contributed by atoms with Crippen LogP contribution in [0.15, 0.2) is 36.4 Å².